The average molecular weight is 1470 g/mol. The molecule has 0 saturated heterocycles. The Bertz CT molecular complexity index is 5370. The first-order valence-corrected chi connectivity index (χ1v) is 34.1. The third-order valence-corrected chi connectivity index (χ3v) is 19.2. The first kappa shape index (κ1) is 69.7. The van der Waals surface area contributed by atoms with Crippen molar-refractivity contribution in [3.63, 3.8) is 0 Å². The Labute approximate surface area is 574 Å². The maximum atomic E-state index is 14.3. The fourth-order valence-corrected chi connectivity index (χ4v) is 14.0. The summed E-state index contributed by atoms with van der Waals surface area (Å²) in [5.41, 5.74) is 9.84. The summed E-state index contributed by atoms with van der Waals surface area (Å²) in [6.07, 6.45) is 18.2. The maximum absolute atomic E-state index is 14.3. The molecule has 3 N–H and O–H groups in total. The summed E-state index contributed by atoms with van der Waals surface area (Å²) >= 11 is 15.2. The number of nitrogens with zero attached hydrogens (tertiary/aromatic N) is 8. The SMILES string of the molecule is Brc1cncc2ccccc12.Clc1ccc2c(c1)NCC2.Fc1cncc2ccccc12.Nc1cccc2cncc(F)c12.O=S(=O)(Cl)c1cccc2cncc(F)c12.O=S(=O)(c1cccc2cncc(F)c12)N1CCc2ccc(Cl)cc21.O=[N+]([O-])c1cccc2cncc(F)c12. The normalized spacial score (nSPS) is 11.9. The van der Waals surface area contributed by atoms with E-state index < -0.39 is 41.4 Å². The highest BCUT2D eigenvalue weighted by atomic mass is 79.9. The summed E-state index contributed by atoms with van der Waals surface area (Å²) in [6.45, 7) is 1.36. The molecule has 0 radical (unpaired) electrons. The molecular weight excluding hydrogens is 1420 g/mol. The van der Waals surface area contributed by atoms with Crippen molar-refractivity contribution in [1.82, 2.24) is 29.9 Å². The number of nitrogens with two attached hydrogens (primary N) is 1. The lowest BCUT2D eigenvalue weighted by molar-refractivity contribution is -0.383. The maximum Gasteiger partial charge on any atom is 0.280 e. The number of hydrogen-bond acceptors (Lipinski definition) is 14. The summed E-state index contributed by atoms with van der Waals surface area (Å²) in [6, 6.07) is 45.1. The van der Waals surface area contributed by atoms with Crippen LogP contribution in [-0.2, 0) is 31.9 Å². The number of nitro groups is 1. The van der Waals surface area contributed by atoms with Gasteiger partial charge in [0.25, 0.3) is 24.8 Å². The van der Waals surface area contributed by atoms with Crippen LogP contribution in [0.3, 0.4) is 0 Å². The van der Waals surface area contributed by atoms with Crippen LogP contribution in [0.25, 0.3) is 64.6 Å². The molecule has 0 unspecified atom stereocenters. The van der Waals surface area contributed by atoms with E-state index in [0.717, 1.165) is 57.4 Å². The van der Waals surface area contributed by atoms with Crippen LogP contribution in [0.5, 0.6) is 0 Å². The van der Waals surface area contributed by atoms with E-state index in [2.05, 4.69) is 63.3 Å². The molecule has 0 amide bonds. The van der Waals surface area contributed by atoms with Crippen molar-refractivity contribution in [2.45, 2.75) is 22.6 Å². The Morgan fingerprint density at radius 1 is 0.485 bits per heavy atom. The molecule has 16 nitrogen and oxygen atoms in total. The standard InChI is InChI=1S/C17H12ClFN2O2S.C9H6BrN.C9H5ClFNO2S.C9H5FN2O2.C9H7FN2.C9H6FN.C8H8ClN/c18-13-5-4-11-6-7-21(15(11)8-13)24(22,23)16-3-1-2-12-9-20-10-14(19)17(12)16;10-9-6-11-5-7-3-1-2-4-8(7)9;10-15(13,14)8-3-1-2-6-4-12-5-7(11)9(6)8;10-7-5-11-4-6-2-1-3-8(9(6)7)12(13)14;10-7-5-12-4-6-2-1-3-8(11)9(6)7;10-9-6-11-5-7-3-1-2-4-8(7)9;9-7-2-1-6-3-4-10-8(6)5-7/h1-5,8-10H,6-7H2;1-6H;1-5H;1-5H;1-5H,11H2;1-6H;1-2,5,10H,3-4H2. The molecule has 27 heteroatoms. The van der Waals surface area contributed by atoms with E-state index in [4.69, 9.17) is 39.6 Å². The van der Waals surface area contributed by atoms with Crippen molar-refractivity contribution in [2.75, 3.05) is 28.4 Å². The Morgan fingerprint density at radius 2 is 0.928 bits per heavy atom. The topological polar surface area (TPSA) is 230 Å². The van der Waals surface area contributed by atoms with Gasteiger partial charge >= 0.3 is 0 Å². The second-order valence-electron chi connectivity index (χ2n) is 21.0. The van der Waals surface area contributed by atoms with E-state index in [1.165, 1.54) is 87.6 Å². The van der Waals surface area contributed by atoms with Crippen LogP contribution in [0.4, 0.5) is 44.7 Å². The minimum Gasteiger partial charge on any atom is -0.398 e. The summed E-state index contributed by atoms with van der Waals surface area (Å²) in [7, 11) is -2.66. The number of non-ortho nitro benzene ring substituents is 1. The first-order chi connectivity index (χ1) is 46.6. The number of nitrogen functional groups attached to an aromatic ring is 1. The molecule has 8 aromatic carbocycles. The largest absolute Gasteiger partial charge is 0.398 e. The van der Waals surface area contributed by atoms with Gasteiger partial charge < -0.3 is 11.1 Å². The van der Waals surface area contributed by atoms with Gasteiger partial charge in [0.1, 0.15) is 5.82 Å². The van der Waals surface area contributed by atoms with Crippen LogP contribution >= 0.6 is 49.8 Å². The zero-order valence-electron chi connectivity index (χ0n) is 50.1. The molecule has 0 atom stereocenters. The number of pyridine rings is 6. The van der Waals surface area contributed by atoms with Gasteiger partial charge in [-0.1, -0.05) is 132 Å². The molecule has 2 aliphatic heterocycles. The molecule has 490 valence electrons. The second kappa shape index (κ2) is 31.2. The number of anilines is 3. The molecule has 8 heterocycles. The lowest BCUT2D eigenvalue weighted by Gasteiger charge is -2.21. The number of halogens is 9. The molecule has 0 aliphatic carbocycles. The van der Waals surface area contributed by atoms with Crippen LogP contribution in [-0.4, -0.2) is 64.8 Å². The predicted molar refractivity (Wildman–Crippen MR) is 375 cm³/mol. The van der Waals surface area contributed by atoms with Crippen LogP contribution in [0.2, 0.25) is 10.0 Å². The lowest BCUT2D eigenvalue weighted by Crippen LogP contribution is -2.29. The van der Waals surface area contributed by atoms with Gasteiger partial charge in [0.05, 0.1) is 56.8 Å². The third-order valence-electron chi connectivity index (χ3n) is 14.8. The van der Waals surface area contributed by atoms with E-state index in [-0.39, 0.29) is 43.3 Å². The molecule has 6 aromatic heterocycles. The second-order valence-corrected chi connectivity index (χ2v) is 27.1. The van der Waals surface area contributed by atoms with E-state index >= 15 is 0 Å². The zero-order chi connectivity index (χ0) is 69.0. The highest BCUT2D eigenvalue weighted by molar-refractivity contribution is 9.10. The lowest BCUT2D eigenvalue weighted by atomic mass is 10.1. The molecular formula is C70H49BrCl3F5N10O6S2. The number of nitro benzene ring substituents is 1. The Hall–Kier alpha value is -10.1. The Balaban J connectivity index is 0.000000126. The number of rotatable bonds is 4. The van der Waals surface area contributed by atoms with E-state index in [1.54, 1.807) is 73.1 Å². The van der Waals surface area contributed by atoms with E-state index in [0.29, 0.717) is 56.3 Å². The van der Waals surface area contributed by atoms with E-state index in [1.807, 2.05) is 67.0 Å². The molecule has 2 aliphatic rings. The molecule has 0 spiro atoms. The van der Waals surface area contributed by atoms with Crippen molar-refractivity contribution >= 4 is 156 Å². The Kier molecular flexibility index (Phi) is 22.4. The molecule has 0 fully saturated rings. The monoisotopic (exact) mass is 1470 g/mol. The molecule has 0 saturated carbocycles. The predicted octanol–water partition coefficient (Wildman–Crippen LogP) is 18.0. The first-order valence-electron chi connectivity index (χ1n) is 28.8. The zero-order valence-corrected chi connectivity index (χ0v) is 55.6. The van der Waals surface area contributed by atoms with E-state index in [9.17, 15) is 48.9 Å². The van der Waals surface area contributed by atoms with Crippen molar-refractivity contribution in [1.29, 1.82) is 0 Å². The molecule has 16 rings (SSSR count). The van der Waals surface area contributed by atoms with Gasteiger partial charge in [-0.05, 0) is 87.7 Å². The molecule has 14 aromatic rings. The number of hydrogen-bond donors (Lipinski definition) is 2. The summed E-state index contributed by atoms with van der Waals surface area (Å²) < 4.78 is 118. The van der Waals surface area contributed by atoms with Crippen LogP contribution in [0.1, 0.15) is 11.1 Å². The van der Waals surface area contributed by atoms with Crippen molar-refractivity contribution in [2.24, 2.45) is 0 Å². The number of sulfonamides is 1. The summed E-state index contributed by atoms with van der Waals surface area (Å²) in [5.74, 6) is -2.66. The molecule has 0 bridgehead atoms. The van der Waals surface area contributed by atoms with Gasteiger partial charge in [-0.2, -0.15) is 0 Å². The summed E-state index contributed by atoms with van der Waals surface area (Å²) in [4.78, 5) is 32.2. The smallest absolute Gasteiger partial charge is 0.280 e. The average Bonchev–Trinajstić information content (AvgIpc) is 1.73. The van der Waals surface area contributed by atoms with Crippen LogP contribution in [0, 0.1) is 39.2 Å². The third kappa shape index (κ3) is 16.6. The van der Waals surface area contributed by atoms with Gasteiger partial charge in [0.2, 0.25) is 0 Å². The van der Waals surface area contributed by atoms with Crippen LogP contribution in [0.15, 0.2) is 246 Å². The highest BCUT2D eigenvalue weighted by Crippen LogP contribution is 2.38. The quantitative estimate of drug-likeness (QED) is 0.0549. The molecule has 97 heavy (non-hydrogen) atoms. The minimum atomic E-state index is -3.95. The number of nitrogens with one attached hydrogen (secondary N) is 1. The number of fused-ring (bicyclic) bond motifs is 8. The van der Waals surface area contributed by atoms with Gasteiger partial charge in [0, 0.05) is 153 Å². The summed E-state index contributed by atoms with van der Waals surface area (Å²) in [5, 5.41) is 21.5. The highest BCUT2D eigenvalue weighted by Gasteiger charge is 2.33. The van der Waals surface area contributed by atoms with Crippen molar-refractivity contribution < 1.29 is 43.7 Å². The fourth-order valence-electron chi connectivity index (χ4n) is 10.4. The van der Waals surface area contributed by atoms with Gasteiger partial charge in [0.15, 0.2) is 23.3 Å². The van der Waals surface area contributed by atoms with Crippen LogP contribution < -0.4 is 15.4 Å². The van der Waals surface area contributed by atoms with Gasteiger partial charge in [-0.3, -0.25) is 44.3 Å². The van der Waals surface area contributed by atoms with Crippen molar-refractivity contribution in [3.8, 4) is 0 Å². The number of benzene rings is 8. The van der Waals surface area contributed by atoms with Gasteiger partial charge in [-0.25, -0.2) is 38.8 Å². The fraction of sp³-hybridized carbons (Fsp3) is 0.0571. The Morgan fingerprint density at radius 3 is 1.49 bits per heavy atom. The van der Waals surface area contributed by atoms with Crippen molar-refractivity contribution in [3.05, 3.63) is 297 Å². The minimum absolute atomic E-state index is 0.00694. The van der Waals surface area contributed by atoms with Gasteiger partial charge in [-0.15, -0.1) is 0 Å². The number of aromatic nitrogens is 6.